The van der Waals surface area contributed by atoms with Crippen LogP contribution in [-0.2, 0) is 0 Å². The van der Waals surface area contributed by atoms with Crippen molar-refractivity contribution in [1.29, 1.82) is 0 Å². The molecule has 1 heterocycles. The zero-order chi connectivity index (χ0) is 11.4. The van der Waals surface area contributed by atoms with Crippen LogP contribution in [-0.4, -0.2) is 24.3 Å². The Morgan fingerprint density at radius 3 is 2.81 bits per heavy atom. The van der Waals surface area contributed by atoms with Crippen molar-refractivity contribution in [2.75, 3.05) is 18.0 Å². The molecule has 2 atom stereocenters. The summed E-state index contributed by atoms with van der Waals surface area (Å²) in [4.78, 5) is 2.40. The summed E-state index contributed by atoms with van der Waals surface area (Å²) < 4.78 is 0. The van der Waals surface area contributed by atoms with Crippen molar-refractivity contribution in [3.05, 3.63) is 30.3 Å². The molecule has 0 spiro atoms. The molecule has 1 fully saturated rings. The topological polar surface area (TPSA) is 23.5 Å². The number of rotatable bonds is 3. The third kappa shape index (κ3) is 2.56. The molecule has 1 unspecified atom stereocenters. The lowest BCUT2D eigenvalue weighted by molar-refractivity contribution is 0.0942. The van der Waals surface area contributed by atoms with E-state index >= 15 is 0 Å². The highest BCUT2D eigenvalue weighted by molar-refractivity contribution is 5.46. The largest absolute Gasteiger partial charge is 0.393 e. The normalized spacial score (nSPS) is 23.1. The first kappa shape index (κ1) is 11.5. The van der Waals surface area contributed by atoms with Crippen molar-refractivity contribution in [2.45, 2.75) is 32.3 Å². The van der Waals surface area contributed by atoms with E-state index in [1.807, 2.05) is 6.07 Å². The molecular formula is C14H21NO. The summed E-state index contributed by atoms with van der Waals surface area (Å²) in [5.74, 6) is 0.443. The molecule has 0 aliphatic carbocycles. The van der Waals surface area contributed by atoms with E-state index in [-0.39, 0.29) is 6.10 Å². The lowest BCUT2D eigenvalue weighted by Crippen LogP contribution is -2.40. The van der Waals surface area contributed by atoms with Gasteiger partial charge in [0.1, 0.15) is 0 Å². The smallest absolute Gasteiger partial charge is 0.0582 e. The first-order valence-electron chi connectivity index (χ1n) is 6.29. The van der Waals surface area contributed by atoms with E-state index in [1.54, 1.807) is 0 Å². The molecular weight excluding hydrogens is 198 g/mol. The summed E-state index contributed by atoms with van der Waals surface area (Å²) in [5.41, 5.74) is 1.29. The lowest BCUT2D eigenvalue weighted by Gasteiger charge is -2.36. The van der Waals surface area contributed by atoms with E-state index in [9.17, 15) is 5.11 Å². The van der Waals surface area contributed by atoms with Crippen molar-refractivity contribution in [1.82, 2.24) is 0 Å². The molecule has 1 aliphatic rings. The number of para-hydroxylation sites is 1. The second-order valence-corrected chi connectivity index (χ2v) is 4.66. The van der Waals surface area contributed by atoms with Gasteiger partial charge in [-0.1, -0.05) is 25.1 Å². The Kier molecular flexibility index (Phi) is 3.83. The van der Waals surface area contributed by atoms with Crippen LogP contribution in [0.5, 0.6) is 0 Å². The Labute approximate surface area is 97.9 Å². The van der Waals surface area contributed by atoms with Gasteiger partial charge in [-0.25, -0.2) is 0 Å². The molecule has 1 aliphatic heterocycles. The van der Waals surface area contributed by atoms with E-state index in [4.69, 9.17) is 0 Å². The predicted molar refractivity (Wildman–Crippen MR) is 67.7 cm³/mol. The number of hydrogen-bond acceptors (Lipinski definition) is 2. The summed E-state index contributed by atoms with van der Waals surface area (Å²) in [6.45, 7) is 4.18. The van der Waals surface area contributed by atoms with Gasteiger partial charge in [0.2, 0.25) is 0 Å². The fraction of sp³-hybridized carbons (Fsp3) is 0.571. The molecule has 1 N–H and O–H groups in total. The lowest BCUT2D eigenvalue weighted by atomic mass is 9.91. The van der Waals surface area contributed by atoms with Crippen LogP contribution < -0.4 is 4.90 Å². The molecule has 88 valence electrons. The Morgan fingerprint density at radius 1 is 1.38 bits per heavy atom. The average Bonchev–Trinajstić information content (AvgIpc) is 2.39. The van der Waals surface area contributed by atoms with Gasteiger partial charge in [-0.3, -0.25) is 0 Å². The molecule has 2 rings (SSSR count). The fourth-order valence-electron chi connectivity index (χ4n) is 2.53. The van der Waals surface area contributed by atoms with Gasteiger partial charge in [-0.05, 0) is 31.4 Å². The van der Waals surface area contributed by atoms with Crippen molar-refractivity contribution >= 4 is 5.69 Å². The van der Waals surface area contributed by atoms with Crippen molar-refractivity contribution in [3.63, 3.8) is 0 Å². The molecule has 1 aromatic rings. The molecule has 1 aromatic carbocycles. The molecule has 0 aromatic heterocycles. The van der Waals surface area contributed by atoms with Gasteiger partial charge in [0.15, 0.2) is 0 Å². The van der Waals surface area contributed by atoms with Crippen molar-refractivity contribution in [2.24, 2.45) is 5.92 Å². The number of aliphatic hydroxyl groups excluding tert-OH is 1. The first-order chi connectivity index (χ1) is 7.81. The zero-order valence-electron chi connectivity index (χ0n) is 9.97. The minimum absolute atomic E-state index is 0.133. The molecule has 0 amide bonds. The quantitative estimate of drug-likeness (QED) is 0.845. The molecule has 16 heavy (non-hydrogen) atoms. The van der Waals surface area contributed by atoms with Gasteiger partial charge < -0.3 is 10.0 Å². The van der Waals surface area contributed by atoms with Crippen LogP contribution in [0.4, 0.5) is 5.69 Å². The van der Waals surface area contributed by atoms with E-state index < -0.39 is 0 Å². The standard InChI is InChI=1S/C14H21NO/c1-2-14(16)12-7-6-10-15(11-12)13-8-4-3-5-9-13/h3-5,8-9,12,14,16H,2,6-7,10-11H2,1H3/t12?,14-/m0/s1. The summed E-state index contributed by atoms with van der Waals surface area (Å²) in [5, 5.41) is 9.92. The Bertz CT molecular complexity index is 312. The van der Waals surface area contributed by atoms with E-state index in [0.29, 0.717) is 5.92 Å². The molecule has 0 saturated carbocycles. The summed E-state index contributed by atoms with van der Waals surface area (Å²) in [6.07, 6.45) is 3.09. The summed E-state index contributed by atoms with van der Waals surface area (Å²) in [7, 11) is 0. The molecule has 0 radical (unpaired) electrons. The maximum Gasteiger partial charge on any atom is 0.0582 e. The molecule has 2 nitrogen and oxygen atoms in total. The minimum Gasteiger partial charge on any atom is -0.393 e. The number of piperidine rings is 1. The van der Waals surface area contributed by atoms with Gasteiger partial charge in [0.25, 0.3) is 0 Å². The van der Waals surface area contributed by atoms with Crippen molar-refractivity contribution < 1.29 is 5.11 Å². The number of nitrogens with zero attached hydrogens (tertiary/aromatic N) is 1. The van der Waals surface area contributed by atoms with Crippen LogP contribution in [0.15, 0.2) is 30.3 Å². The molecule has 2 heteroatoms. The van der Waals surface area contributed by atoms with Crippen molar-refractivity contribution in [3.8, 4) is 0 Å². The van der Waals surface area contributed by atoms with Crippen LogP contribution in [0.1, 0.15) is 26.2 Å². The van der Waals surface area contributed by atoms with E-state index in [0.717, 1.165) is 19.5 Å². The zero-order valence-corrected chi connectivity index (χ0v) is 9.97. The van der Waals surface area contributed by atoms with Crippen LogP contribution in [0.3, 0.4) is 0 Å². The first-order valence-corrected chi connectivity index (χ1v) is 6.29. The Hall–Kier alpha value is -1.02. The number of benzene rings is 1. The SMILES string of the molecule is CC[C@H](O)C1CCCN(c2ccccc2)C1. The average molecular weight is 219 g/mol. The third-order valence-corrected chi connectivity index (χ3v) is 3.54. The van der Waals surface area contributed by atoms with Crippen LogP contribution in [0, 0.1) is 5.92 Å². The number of hydrogen-bond donors (Lipinski definition) is 1. The summed E-state index contributed by atoms with van der Waals surface area (Å²) >= 11 is 0. The fourth-order valence-corrected chi connectivity index (χ4v) is 2.53. The second-order valence-electron chi connectivity index (χ2n) is 4.66. The minimum atomic E-state index is -0.133. The van der Waals surface area contributed by atoms with Gasteiger partial charge in [0, 0.05) is 24.7 Å². The number of anilines is 1. The van der Waals surface area contributed by atoms with Gasteiger partial charge in [-0.2, -0.15) is 0 Å². The van der Waals surface area contributed by atoms with E-state index in [1.165, 1.54) is 18.5 Å². The number of aliphatic hydroxyl groups is 1. The predicted octanol–water partition coefficient (Wildman–Crippen LogP) is 2.67. The molecule has 1 saturated heterocycles. The monoisotopic (exact) mass is 219 g/mol. The highest BCUT2D eigenvalue weighted by Crippen LogP contribution is 2.25. The van der Waals surface area contributed by atoms with Gasteiger partial charge in [-0.15, -0.1) is 0 Å². The van der Waals surface area contributed by atoms with E-state index in [2.05, 4.69) is 36.1 Å². The summed E-state index contributed by atoms with van der Waals surface area (Å²) in [6, 6.07) is 10.5. The van der Waals surface area contributed by atoms with Crippen LogP contribution in [0.2, 0.25) is 0 Å². The second kappa shape index (κ2) is 5.35. The highest BCUT2D eigenvalue weighted by atomic mass is 16.3. The Balaban J connectivity index is 2.02. The van der Waals surface area contributed by atoms with Gasteiger partial charge >= 0.3 is 0 Å². The maximum absolute atomic E-state index is 9.92. The molecule has 0 bridgehead atoms. The Morgan fingerprint density at radius 2 is 2.12 bits per heavy atom. The van der Waals surface area contributed by atoms with Gasteiger partial charge in [0.05, 0.1) is 6.10 Å². The van der Waals surface area contributed by atoms with Crippen LogP contribution in [0.25, 0.3) is 0 Å². The highest BCUT2D eigenvalue weighted by Gasteiger charge is 2.24. The van der Waals surface area contributed by atoms with Crippen LogP contribution >= 0.6 is 0 Å². The maximum atomic E-state index is 9.92. The third-order valence-electron chi connectivity index (χ3n) is 3.54.